The van der Waals surface area contributed by atoms with Gasteiger partial charge in [0.1, 0.15) is 23.9 Å². The van der Waals surface area contributed by atoms with Crippen molar-refractivity contribution in [2.75, 3.05) is 59.7 Å². The zero-order valence-corrected chi connectivity index (χ0v) is 24.5. The molecule has 0 aliphatic carbocycles. The van der Waals surface area contributed by atoms with Crippen LogP contribution in [0.25, 0.3) is 0 Å². The number of nitrogens with zero attached hydrogens (tertiary/aromatic N) is 1. The molecule has 0 unspecified atom stereocenters. The summed E-state index contributed by atoms with van der Waals surface area (Å²) in [6, 6.07) is 11.8. The maximum absolute atomic E-state index is 13.3. The monoisotopic (exact) mass is 596 g/mol. The van der Waals surface area contributed by atoms with Crippen molar-refractivity contribution >= 4 is 17.8 Å². The van der Waals surface area contributed by atoms with Crippen LogP contribution in [0.15, 0.2) is 42.5 Å². The summed E-state index contributed by atoms with van der Waals surface area (Å²) < 4.78 is 28.8. The Morgan fingerprint density at radius 1 is 1.00 bits per heavy atom. The summed E-state index contributed by atoms with van der Waals surface area (Å²) >= 11 is 0. The number of piperidine rings is 1. The molecule has 4 bridgehead atoms. The molecule has 43 heavy (non-hydrogen) atoms. The lowest BCUT2D eigenvalue weighted by Crippen LogP contribution is -2.58. The largest absolute Gasteiger partial charge is 0.491 e. The minimum atomic E-state index is -0.407. The van der Waals surface area contributed by atoms with Crippen molar-refractivity contribution in [3.8, 4) is 17.2 Å². The molecule has 4 amide bonds. The Hall–Kier alpha value is -3.87. The quantitative estimate of drug-likeness (QED) is 0.448. The number of carbonyl (C=O) groups is 3. The Kier molecular flexibility index (Phi) is 10.7. The summed E-state index contributed by atoms with van der Waals surface area (Å²) in [5, 5.41) is 8.65. The molecule has 3 aliphatic heterocycles. The Morgan fingerprint density at radius 3 is 2.67 bits per heavy atom. The van der Waals surface area contributed by atoms with E-state index in [1.807, 2.05) is 29.2 Å². The molecule has 12 nitrogen and oxygen atoms in total. The third kappa shape index (κ3) is 8.59. The number of likely N-dealkylation sites (tertiary alicyclic amines) is 1. The Bertz CT molecular complexity index is 1270. The van der Waals surface area contributed by atoms with Gasteiger partial charge in [0.25, 0.3) is 5.91 Å². The van der Waals surface area contributed by atoms with E-state index in [-0.39, 0.29) is 49.5 Å². The minimum absolute atomic E-state index is 0.0470. The van der Waals surface area contributed by atoms with Crippen molar-refractivity contribution < 1.29 is 38.1 Å². The lowest BCUT2D eigenvalue weighted by atomic mass is 9.95. The average molecular weight is 597 g/mol. The van der Waals surface area contributed by atoms with Crippen molar-refractivity contribution in [1.82, 2.24) is 20.9 Å². The van der Waals surface area contributed by atoms with Crippen LogP contribution in [0.4, 0.5) is 4.79 Å². The van der Waals surface area contributed by atoms with E-state index in [2.05, 4.69) is 16.0 Å². The maximum Gasteiger partial charge on any atom is 0.315 e. The second-order valence-electron chi connectivity index (χ2n) is 10.9. The van der Waals surface area contributed by atoms with E-state index in [9.17, 15) is 14.4 Å². The molecule has 2 aromatic carbocycles. The topological polar surface area (TPSA) is 137 Å². The highest BCUT2D eigenvalue weighted by Crippen LogP contribution is 2.29. The number of hydrogen-bond acceptors (Lipinski definition) is 8. The molecule has 0 saturated carbocycles. The molecule has 5 rings (SSSR count). The van der Waals surface area contributed by atoms with Gasteiger partial charge >= 0.3 is 6.03 Å². The fourth-order valence-electron chi connectivity index (χ4n) is 5.45. The number of benzene rings is 2. The normalized spacial score (nSPS) is 22.0. The molecule has 2 saturated heterocycles. The smallest absolute Gasteiger partial charge is 0.315 e. The van der Waals surface area contributed by atoms with Crippen molar-refractivity contribution in [3.63, 3.8) is 0 Å². The number of hydrogen-bond donors (Lipinski definition) is 3. The number of fused-ring (bicyclic) bond motifs is 5. The van der Waals surface area contributed by atoms with Crippen molar-refractivity contribution in [1.29, 1.82) is 0 Å². The van der Waals surface area contributed by atoms with Gasteiger partial charge in [-0.05, 0) is 49.1 Å². The zero-order valence-electron chi connectivity index (χ0n) is 24.5. The summed E-state index contributed by atoms with van der Waals surface area (Å²) in [7, 11) is 1.59. The number of ether oxygens (including phenoxy) is 5. The molecular formula is C31H40N4O8. The fourth-order valence-corrected chi connectivity index (χ4v) is 5.45. The first kappa shape index (κ1) is 30.6. The van der Waals surface area contributed by atoms with Gasteiger partial charge in [-0.1, -0.05) is 12.1 Å². The SMILES string of the molecule is COCCOc1cc2cc(c1)C(=O)NCCNC(=O)N[C@H]1CCN(C(=O)C3CCOCC3)C[C@@H]1OCc1cccc(c1)O2. The van der Waals surface area contributed by atoms with E-state index < -0.39 is 6.10 Å². The molecule has 12 heteroatoms. The predicted molar refractivity (Wildman–Crippen MR) is 156 cm³/mol. The third-order valence-electron chi connectivity index (χ3n) is 7.75. The summed E-state index contributed by atoms with van der Waals surface area (Å²) in [5.74, 6) is 1.22. The highest BCUT2D eigenvalue weighted by atomic mass is 16.5. The molecule has 2 fully saturated rings. The Balaban J connectivity index is 1.35. The first-order valence-corrected chi connectivity index (χ1v) is 14.8. The summed E-state index contributed by atoms with van der Waals surface area (Å²) in [6.07, 6.45) is 1.60. The van der Waals surface area contributed by atoms with Gasteiger partial charge in [-0.15, -0.1) is 0 Å². The number of nitrogens with one attached hydrogen (secondary N) is 3. The van der Waals surface area contributed by atoms with Crippen molar-refractivity contribution in [2.45, 2.75) is 38.0 Å². The van der Waals surface area contributed by atoms with E-state index in [0.717, 1.165) is 18.4 Å². The summed E-state index contributed by atoms with van der Waals surface area (Å²) in [5.41, 5.74) is 1.22. The van der Waals surface area contributed by atoms with Crippen LogP contribution in [0.3, 0.4) is 0 Å². The van der Waals surface area contributed by atoms with E-state index in [1.54, 1.807) is 25.3 Å². The van der Waals surface area contributed by atoms with E-state index in [4.69, 9.17) is 23.7 Å². The standard InChI is InChI=1S/C31H40N4O8/c1-39-13-14-41-25-16-23-17-26(18-25)43-24-4-2-3-21(15-24)20-42-28-19-35(30(37)22-6-11-40-12-7-22)10-5-27(28)34-31(38)33-9-8-32-29(23)36/h2-4,15-18,22,27-28H,5-14,19-20H2,1H3,(H,32,36)(H2,33,34,38)/t27-,28-/m0/s1. The highest BCUT2D eigenvalue weighted by molar-refractivity contribution is 5.95. The van der Waals surface area contributed by atoms with Crippen LogP contribution in [0.5, 0.6) is 17.2 Å². The molecule has 0 radical (unpaired) electrons. The Morgan fingerprint density at radius 2 is 1.84 bits per heavy atom. The molecule has 0 aromatic heterocycles. The lowest BCUT2D eigenvalue weighted by molar-refractivity contribution is -0.143. The van der Waals surface area contributed by atoms with Gasteiger partial charge in [-0.25, -0.2) is 4.79 Å². The molecule has 3 heterocycles. The molecule has 3 N–H and O–H groups in total. The van der Waals surface area contributed by atoms with E-state index >= 15 is 0 Å². The van der Waals surface area contributed by atoms with Crippen LogP contribution in [-0.2, 0) is 25.6 Å². The summed E-state index contributed by atoms with van der Waals surface area (Å²) in [4.78, 5) is 40.9. The Labute approximate surface area is 251 Å². The van der Waals surface area contributed by atoms with Gasteiger partial charge < -0.3 is 44.5 Å². The van der Waals surface area contributed by atoms with E-state index in [1.165, 1.54) is 0 Å². The first-order valence-electron chi connectivity index (χ1n) is 14.8. The third-order valence-corrected chi connectivity index (χ3v) is 7.75. The number of methoxy groups -OCH3 is 1. The van der Waals surface area contributed by atoms with Crippen LogP contribution in [0.1, 0.15) is 35.2 Å². The molecule has 2 aromatic rings. The van der Waals surface area contributed by atoms with Gasteiger partial charge in [-0.3, -0.25) is 9.59 Å². The van der Waals surface area contributed by atoms with Gasteiger partial charge in [0.2, 0.25) is 5.91 Å². The predicted octanol–water partition coefficient (Wildman–Crippen LogP) is 2.46. The minimum Gasteiger partial charge on any atom is -0.491 e. The van der Waals surface area contributed by atoms with Crippen LogP contribution >= 0.6 is 0 Å². The van der Waals surface area contributed by atoms with Gasteiger partial charge in [-0.2, -0.15) is 0 Å². The summed E-state index contributed by atoms with van der Waals surface area (Å²) in [6.45, 7) is 3.52. The average Bonchev–Trinajstić information content (AvgIpc) is 3.02. The van der Waals surface area contributed by atoms with Crippen LogP contribution in [0, 0.1) is 5.92 Å². The highest BCUT2D eigenvalue weighted by Gasteiger charge is 2.36. The van der Waals surface area contributed by atoms with Gasteiger partial charge in [0.15, 0.2) is 0 Å². The second-order valence-corrected chi connectivity index (χ2v) is 10.9. The number of amides is 4. The van der Waals surface area contributed by atoms with Gasteiger partial charge in [0, 0.05) is 64.1 Å². The second kappa shape index (κ2) is 15.0. The van der Waals surface area contributed by atoms with Crippen LogP contribution in [0.2, 0.25) is 0 Å². The molecule has 2 atom stereocenters. The number of carbonyl (C=O) groups excluding carboxylic acids is 3. The number of urea groups is 1. The number of rotatable bonds is 5. The molecule has 232 valence electrons. The molecule has 3 aliphatic rings. The van der Waals surface area contributed by atoms with E-state index in [0.29, 0.717) is 68.7 Å². The van der Waals surface area contributed by atoms with Gasteiger partial charge in [0.05, 0.1) is 25.4 Å². The van der Waals surface area contributed by atoms with Crippen LogP contribution < -0.4 is 25.4 Å². The lowest BCUT2D eigenvalue weighted by Gasteiger charge is -2.40. The van der Waals surface area contributed by atoms with Crippen LogP contribution in [-0.4, -0.2) is 94.6 Å². The van der Waals surface area contributed by atoms with Crippen molar-refractivity contribution in [3.05, 3.63) is 53.6 Å². The first-order chi connectivity index (χ1) is 21.0. The molecule has 0 spiro atoms. The maximum atomic E-state index is 13.3. The van der Waals surface area contributed by atoms with Crippen molar-refractivity contribution in [2.24, 2.45) is 5.92 Å². The zero-order chi connectivity index (χ0) is 30.0. The fraction of sp³-hybridized carbons (Fsp3) is 0.516. The molecular weight excluding hydrogens is 556 g/mol.